The molecule has 0 saturated carbocycles. The largest absolute Gasteiger partial charge is 0.326 e. The average Bonchev–Trinajstić information content (AvgIpc) is 2.93. The molecule has 4 heteroatoms. The van der Waals surface area contributed by atoms with Crippen molar-refractivity contribution in [2.45, 2.75) is 44.7 Å². The van der Waals surface area contributed by atoms with Crippen molar-refractivity contribution in [1.82, 2.24) is 14.7 Å². The van der Waals surface area contributed by atoms with Gasteiger partial charge in [-0.3, -0.25) is 0 Å². The number of hydrogen-bond donors (Lipinski definition) is 0. The lowest BCUT2D eigenvalue weighted by molar-refractivity contribution is 0.106. The number of amides is 2. The van der Waals surface area contributed by atoms with E-state index >= 15 is 0 Å². The van der Waals surface area contributed by atoms with Gasteiger partial charge in [-0.1, -0.05) is 30.3 Å². The van der Waals surface area contributed by atoms with E-state index in [1.54, 1.807) is 0 Å². The van der Waals surface area contributed by atoms with Gasteiger partial charge in [-0.05, 0) is 38.2 Å². The van der Waals surface area contributed by atoms with E-state index in [0.717, 1.165) is 45.4 Å². The second-order valence-corrected chi connectivity index (χ2v) is 7.04. The molecule has 4 nitrogen and oxygen atoms in total. The molecule has 0 spiro atoms. The molecule has 2 aliphatic heterocycles. The molecule has 1 aromatic carbocycles. The topological polar surface area (TPSA) is 26.8 Å². The van der Waals surface area contributed by atoms with Crippen LogP contribution in [-0.2, 0) is 6.42 Å². The molecule has 2 aliphatic rings. The van der Waals surface area contributed by atoms with Crippen LogP contribution in [0.15, 0.2) is 30.3 Å². The molecule has 1 aromatic rings. The normalized spacial score (nSPS) is 21.9. The number of carbonyl (C=O) groups excluding carboxylic acids is 1. The van der Waals surface area contributed by atoms with Crippen molar-refractivity contribution in [3.05, 3.63) is 35.9 Å². The summed E-state index contributed by atoms with van der Waals surface area (Å²) in [7, 11) is 1.91. The van der Waals surface area contributed by atoms with Crippen molar-refractivity contribution in [2.24, 2.45) is 0 Å². The van der Waals surface area contributed by atoms with E-state index < -0.39 is 0 Å². The Labute approximate surface area is 140 Å². The molecule has 23 heavy (non-hydrogen) atoms. The molecule has 2 amide bonds. The fourth-order valence-electron chi connectivity index (χ4n) is 3.85. The predicted molar refractivity (Wildman–Crippen MR) is 93.6 cm³/mol. The van der Waals surface area contributed by atoms with E-state index in [1.807, 2.05) is 11.9 Å². The van der Waals surface area contributed by atoms with E-state index in [1.165, 1.54) is 12.0 Å². The summed E-state index contributed by atoms with van der Waals surface area (Å²) in [6.45, 7) is 6.37. The lowest BCUT2D eigenvalue weighted by Crippen LogP contribution is -2.48. The monoisotopic (exact) mass is 315 g/mol. The summed E-state index contributed by atoms with van der Waals surface area (Å²) in [6.07, 6.45) is 4.60. The molecule has 1 unspecified atom stereocenters. The van der Waals surface area contributed by atoms with Gasteiger partial charge in [0, 0.05) is 45.3 Å². The van der Waals surface area contributed by atoms with Gasteiger partial charge in [-0.25, -0.2) is 4.79 Å². The van der Waals surface area contributed by atoms with Gasteiger partial charge in [-0.2, -0.15) is 0 Å². The Bertz CT molecular complexity index is 511. The fraction of sp³-hybridized carbons (Fsp3) is 0.632. The number of nitrogens with zero attached hydrogens (tertiary/aromatic N) is 3. The molecule has 1 atom stereocenters. The van der Waals surface area contributed by atoms with Gasteiger partial charge in [-0.15, -0.1) is 0 Å². The maximum Gasteiger partial charge on any atom is 0.320 e. The third kappa shape index (κ3) is 3.86. The van der Waals surface area contributed by atoms with Crippen LogP contribution >= 0.6 is 0 Å². The van der Waals surface area contributed by atoms with Gasteiger partial charge < -0.3 is 14.7 Å². The smallest absolute Gasteiger partial charge is 0.320 e. The van der Waals surface area contributed by atoms with Crippen LogP contribution in [0.4, 0.5) is 4.79 Å². The van der Waals surface area contributed by atoms with Gasteiger partial charge >= 0.3 is 6.03 Å². The van der Waals surface area contributed by atoms with Crippen LogP contribution in [0.1, 0.15) is 31.7 Å². The number of benzene rings is 1. The molecule has 2 fully saturated rings. The number of rotatable bonds is 5. The Morgan fingerprint density at radius 3 is 2.39 bits per heavy atom. The van der Waals surface area contributed by atoms with Crippen LogP contribution in [0.25, 0.3) is 0 Å². The number of piperidine rings is 1. The first-order valence-electron chi connectivity index (χ1n) is 8.95. The maximum absolute atomic E-state index is 12.1. The van der Waals surface area contributed by atoms with Gasteiger partial charge in [0.15, 0.2) is 0 Å². The van der Waals surface area contributed by atoms with Gasteiger partial charge in [0.05, 0.1) is 0 Å². The van der Waals surface area contributed by atoms with E-state index in [4.69, 9.17) is 0 Å². The highest BCUT2D eigenvalue weighted by Gasteiger charge is 2.34. The van der Waals surface area contributed by atoms with Crippen molar-refractivity contribution < 1.29 is 4.79 Å². The zero-order valence-electron chi connectivity index (χ0n) is 14.4. The first-order valence-corrected chi connectivity index (χ1v) is 8.95. The third-order valence-electron chi connectivity index (χ3n) is 5.51. The molecule has 0 N–H and O–H groups in total. The molecule has 0 radical (unpaired) electrons. The van der Waals surface area contributed by atoms with Crippen LogP contribution in [-0.4, -0.2) is 66.0 Å². The second-order valence-electron chi connectivity index (χ2n) is 7.04. The summed E-state index contributed by atoms with van der Waals surface area (Å²) in [5.41, 5.74) is 1.43. The van der Waals surface area contributed by atoms with E-state index in [0.29, 0.717) is 12.1 Å². The zero-order chi connectivity index (χ0) is 16.2. The van der Waals surface area contributed by atoms with Gasteiger partial charge in [0.25, 0.3) is 0 Å². The average molecular weight is 315 g/mol. The van der Waals surface area contributed by atoms with Crippen LogP contribution in [0.2, 0.25) is 0 Å². The Balaban J connectivity index is 1.44. The summed E-state index contributed by atoms with van der Waals surface area (Å²) in [6, 6.07) is 12.0. The molecular formula is C19H29N3O. The quantitative estimate of drug-likeness (QED) is 0.835. The number of aryl methyl sites for hydroxylation is 1. The van der Waals surface area contributed by atoms with Crippen LogP contribution in [0, 0.1) is 0 Å². The maximum atomic E-state index is 12.1. The summed E-state index contributed by atoms with van der Waals surface area (Å²) in [5.74, 6) is 0. The standard InChI is InChI=1S/C19H29N3O/c1-16(8-9-17-6-4-3-5-7-17)21-12-10-18(11-13-21)22-15-14-20(2)19(22)23/h3-7,16,18H,8-15H2,1-2H3. The summed E-state index contributed by atoms with van der Waals surface area (Å²) < 4.78 is 0. The SMILES string of the molecule is CC(CCc1ccccc1)N1CCC(N2CCN(C)C2=O)CC1. The highest BCUT2D eigenvalue weighted by molar-refractivity contribution is 5.76. The highest BCUT2D eigenvalue weighted by Crippen LogP contribution is 2.23. The molecule has 0 aromatic heterocycles. The van der Waals surface area contributed by atoms with E-state index in [-0.39, 0.29) is 6.03 Å². The van der Waals surface area contributed by atoms with Crippen molar-refractivity contribution in [3.63, 3.8) is 0 Å². The lowest BCUT2D eigenvalue weighted by atomic mass is 9.99. The van der Waals surface area contributed by atoms with E-state index in [2.05, 4.69) is 47.1 Å². The molecule has 2 saturated heterocycles. The van der Waals surface area contributed by atoms with Crippen molar-refractivity contribution in [3.8, 4) is 0 Å². The first kappa shape index (κ1) is 16.3. The number of urea groups is 1. The number of carbonyl (C=O) groups is 1. The first-order chi connectivity index (χ1) is 11.1. The second kappa shape index (κ2) is 7.35. The molecule has 126 valence electrons. The summed E-state index contributed by atoms with van der Waals surface area (Å²) in [5, 5.41) is 0. The minimum Gasteiger partial charge on any atom is -0.326 e. The van der Waals surface area contributed by atoms with E-state index in [9.17, 15) is 4.79 Å². The van der Waals surface area contributed by atoms with Gasteiger partial charge in [0.1, 0.15) is 0 Å². The van der Waals surface area contributed by atoms with Gasteiger partial charge in [0.2, 0.25) is 0 Å². The van der Waals surface area contributed by atoms with Crippen LogP contribution in [0.5, 0.6) is 0 Å². The predicted octanol–water partition coefficient (Wildman–Crippen LogP) is 2.84. The number of hydrogen-bond acceptors (Lipinski definition) is 2. The fourth-order valence-corrected chi connectivity index (χ4v) is 3.85. The molecule has 2 heterocycles. The molecule has 3 rings (SSSR count). The Hall–Kier alpha value is -1.55. The van der Waals surface area contributed by atoms with Crippen LogP contribution < -0.4 is 0 Å². The molecule has 0 aliphatic carbocycles. The van der Waals surface area contributed by atoms with Crippen molar-refractivity contribution >= 4 is 6.03 Å². The highest BCUT2D eigenvalue weighted by atomic mass is 16.2. The van der Waals surface area contributed by atoms with Crippen molar-refractivity contribution in [2.75, 3.05) is 33.2 Å². The van der Waals surface area contributed by atoms with Crippen molar-refractivity contribution in [1.29, 1.82) is 0 Å². The Kier molecular flexibility index (Phi) is 5.21. The minimum absolute atomic E-state index is 0.223. The molecular weight excluding hydrogens is 286 g/mol. The molecule has 0 bridgehead atoms. The Morgan fingerprint density at radius 1 is 1.09 bits per heavy atom. The minimum atomic E-state index is 0.223. The van der Waals surface area contributed by atoms with Crippen LogP contribution in [0.3, 0.4) is 0 Å². The zero-order valence-corrected chi connectivity index (χ0v) is 14.4. The number of likely N-dealkylation sites (tertiary alicyclic amines) is 1. The lowest BCUT2D eigenvalue weighted by Gasteiger charge is -2.39. The summed E-state index contributed by atoms with van der Waals surface area (Å²) in [4.78, 5) is 18.6. The summed E-state index contributed by atoms with van der Waals surface area (Å²) >= 11 is 0. The number of likely N-dealkylation sites (N-methyl/N-ethyl adjacent to an activating group) is 1. The third-order valence-corrected chi connectivity index (χ3v) is 5.51. The Morgan fingerprint density at radius 2 is 1.78 bits per heavy atom.